The van der Waals surface area contributed by atoms with Crippen molar-refractivity contribution in [2.45, 2.75) is 226 Å². The van der Waals surface area contributed by atoms with Gasteiger partial charge >= 0.3 is 0 Å². The summed E-state index contributed by atoms with van der Waals surface area (Å²) >= 11 is 0. The van der Waals surface area contributed by atoms with Gasteiger partial charge in [0, 0.05) is 12.8 Å². The molecule has 0 aromatic carbocycles. The highest BCUT2D eigenvalue weighted by Crippen LogP contribution is 2.15. The lowest BCUT2D eigenvalue weighted by atomic mass is 10.0. The van der Waals surface area contributed by atoms with E-state index < -0.39 is 0 Å². The van der Waals surface area contributed by atoms with E-state index in [1.165, 1.54) is 186 Å². The summed E-state index contributed by atoms with van der Waals surface area (Å²) in [6.45, 7) is 10.5. The fraction of sp³-hybridized carbons (Fsp3) is 0.900. The molecule has 0 aliphatic heterocycles. The van der Waals surface area contributed by atoms with Crippen molar-refractivity contribution in [3.63, 3.8) is 0 Å². The highest BCUT2D eigenvalue weighted by molar-refractivity contribution is 5.73. The van der Waals surface area contributed by atoms with Crippen LogP contribution in [0.1, 0.15) is 226 Å². The molecule has 0 unspecified atom stereocenters. The van der Waals surface area contributed by atoms with Crippen LogP contribution in [0.25, 0.3) is 0 Å². The van der Waals surface area contributed by atoms with Gasteiger partial charge in [-0.05, 0) is 19.8 Å². The van der Waals surface area contributed by atoms with Gasteiger partial charge in [0.25, 0.3) is 0 Å². The fourth-order valence-electron chi connectivity index (χ4n) is 5.46. The van der Waals surface area contributed by atoms with Gasteiger partial charge in [0.15, 0.2) is 0 Å². The summed E-state index contributed by atoms with van der Waals surface area (Å²) < 4.78 is 4.60. The molecule has 0 rings (SSSR count). The molecule has 0 aliphatic carbocycles. The predicted molar refractivity (Wildman–Crippen MR) is 199 cm³/mol. The van der Waals surface area contributed by atoms with Gasteiger partial charge in [-0.15, -0.1) is 0 Å². The molecule has 0 fully saturated rings. The minimum Gasteiger partial charge on any atom is -0.502 e. The summed E-state index contributed by atoms with van der Waals surface area (Å²) in [5.74, 6) is -0.306. The molecule has 0 aromatic heterocycles. The van der Waals surface area contributed by atoms with Gasteiger partial charge in [-0.2, -0.15) is 0 Å². The smallest absolute Gasteiger partial charge is 0.217 e. The number of unbranched alkanes of at least 4 members (excludes halogenated alkanes) is 28. The lowest BCUT2D eigenvalue weighted by Crippen LogP contribution is -2.09. The first kappa shape index (κ1) is 47.9. The molecule has 0 heterocycles. The van der Waals surface area contributed by atoms with Crippen LogP contribution in [0.3, 0.4) is 0 Å². The van der Waals surface area contributed by atoms with Crippen LogP contribution >= 0.6 is 0 Å². The Kier molecular flexibility index (Phi) is 49.9. The maximum absolute atomic E-state index is 10.6. The van der Waals surface area contributed by atoms with Crippen molar-refractivity contribution in [3.8, 4) is 0 Å². The van der Waals surface area contributed by atoms with Crippen LogP contribution in [0.15, 0.2) is 12.8 Å². The van der Waals surface area contributed by atoms with E-state index in [0.717, 1.165) is 19.4 Å². The Morgan fingerprint density at radius 3 is 0.756 bits per heavy atom. The van der Waals surface area contributed by atoms with Crippen LogP contribution < -0.4 is 11.5 Å². The van der Waals surface area contributed by atoms with Gasteiger partial charge in [-0.3, -0.25) is 9.59 Å². The number of nitrogens with two attached hydrogens (primary N) is 2. The first-order chi connectivity index (χ1) is 22.0. The van der Waals surface area contributed by atoms with Crippen molar-refractivity contribution in [2.75, 3.05) is 6.61 Å². The quantitative estimate of drug-likeness (QED) is 0.0542. The summed E-state index contributed by atoms with van der Waals surface area (Å²) in [5.41, 5.74) is 10.2. The third-order valence-corrected chi connectivity index (χ3v) is 8.34. The second-order valence-electron chi connectivity index (χ2n) is 13.0. The minimum absolute atomic E-state index is 0.153. The van der Waals surface area contributed by atoms with Crippen molar-refractivity contribution < 1.29 is 14.3 Å². The molecule has 2 amide bonds. The van der Waals surface area contributed by atoms with Gasteiger partial charge in [-0.25, -0.2) is 0 Å². The Hall–Kier alpha value is -1.52. The monoisotopic (exact) mass is 639 g/mol. The van der Waals surface area contributed by atoms with Gasteiger partial charge in [-0.1, -0.05) is 200 Å². The third kappa shape index (κ3) is 58.6. The molecule has 5 nitrogen and oxygen atoms in total. The highest BCUT2D eigenvalue weighted by atomic mass is 16.5. The third-order valence-electron chi connectivity index (χ3n) is 8.34. The second kappa shape index (κ2) is 46.9. The first-order valence-electron chi connectivity index (χ1n) is 19.7. The maximum atomic E-state index is 10.6. The topological polar surface area (TPSA) is 95.4 Å². The van der Waals surface area contributed by atoms with Gasteiger partial charge in [0.05, 0.1) is 12.9 Å². The average molecular weight is 639 g/mol. The molecule has 0 aromatic rings. The molecular formula is C40H82N2O3. The van der Waals surface area contributed by atoms with Crippen LogP contribution in [0.5, 0.6) is 0 Å². The molecule has 0 saturated heterocycles. The Morgan fingerprint density at radius 2 is 0.622 bits per heavy atom. The molecule has 0 aliphatic rings. The van der Waals surface area contributed by atoms with Crippen LogP contribution in [0.2, 0.25) is 0 Å². The van der Waals surface area contributed by atoms with Crippen LogP contribution in [0, 0.1) is 0 Å². The summed E-state index contributed by atoms with van der Waals surface area (Å²) in [6.07, 6.45) is 43.2. The van der Waals surface area contributed by atoms with E-state index in [1.807, 2.05) is 6.92 Å². The molecule has 0 atom stereocenters. The molecule has 0 bridgehead atoms. The van der Waals surface area contributed by atoms with E-state index in [4.69, 9.17) is 11.5 Å². The summed E-state index contributed by atoms with van der Waals surface area (Å²) in [4.78, 5) is 21.1. The number of ether oxygens (including phenoxy) is 1. The highest BCUT2D eigenvalue weighted by Gasteiger charge is 1.97. The van der Waals surface area contributed by atoms with Gasteiger partial charge < -0.3 is 16.2 Å². The SMILES string of the molecule is C=COCC.CCCCCCCCCCCCCCCCCC(N)=O.CCCCCCCCCCCCCCCCCC(N)=O. The molecule has 4 N–H and O–H groups in total. The van der Waals surface area contributed by atoms with Gasteiger partial charge in [0.1, 0.15) is 0 Å². The Balaban J connectivity index is -0.000000680. The van der Waals surface area contributed by atoms with Crippen LogP contribution in [-0.2, 0) is 14.3 Å². The molecule has 0 saturated carbocycles. The number of hydrogen-bond acceptors (Lipinski definition) is 3. The number of primary amides is 2. The summed E-state index contributed by atoms with van der Waals surface area (Å²) in [7, 11) is 0. The molecule has 270 valence electrons. The summed E-state index contributed by atoms with van der Waals surface area (Å²) in [5, 5.41) is 0. The number of amides is 2. The van der Waals surface area contributed by atoms with E-state index in [-0.39, 0.29) is 11.8 Å². The van der Waals surface area contributed by atoms with E-state index in [9.17, 15) is 9.59 Å². The minimum atomic E-state index is -0.153. The molecular weight excluding hydrogens is 556 g/mol. The van der Waals surface area contributed by atoms with E-state index in [0.29, 0.717) is 12.8 Å². The molecule has 5 heteroatoms. The van der Waals surface area contributed by atoms with Crippen molar-refractivity contribution in [1.29, 1.82) is 0 Å². The van der Waals surface area contributed by atoms with Crippen molar-refractivity contribution >= 4 is 11.8 Å². The lowest BCUT2D eigenvalue weighted by molar-refractivity contribution is -0.119. The van der Waals surface area contributed by atoms with E-state index in [2.05, 4.69) is 25.2 Å². The predicted octanol–water partition coefficient (Wildman–Crippen LogP) is 12.6. The second-order valence-corrected chi connectivity index (χ2v) is 13.0. The Bertz CT molecular complexity index is 524. The Labute approximate surface area is 282 Å². The van der Waals surface area contributed by atoms with Crippen LogP contribution in [0.4, 0.5) is 0 Å². The first-order valence-corrected chi connectivity index (χ1v) is 19.7. The lowest BCUT2D eigenvalue weighted by Gasteiger charge is -2.03. The number of hydrogen-bond donors (Lipinski definition) is 2. The van der Waals surface area contributed by atoms with E-state index in [1.54, 1.807) is 0 Å². The van der Waals surface area contributed by atoms with Crippen molar-refractivity contribution in [2.24, 2.45) is 11.5 Å². The van der Waals surface area contributed by atoms with E-state index >= 15 is 0 Å². The normalized spacial score (nSPS) is 10.4. The van der Waals surface area contributed by atoms with Crippen molar-refractivity contribution in [1.82, 2.24) is 0 Å². The molecule has 0 radical (unpaired) electrons. The fourth-order valence-corrected chi connectivity index (χ4v) is 5.46. The van der Waals surface area contributed by atoms with Crippen molar-refractivity contribution in [3.05, 3.63) is 12.8 Å². The zero-order valence-electron chi connectivity index (χ0n) is 31.0. The Morgan fingerprint density at radius 1 is 0.422 bits per heavy atom. The van der Waals surface area contributed by atoms with Gasteiger partial charge in [0.2, 0.25) is 11.8 Å². The average Bonchev–Trinajstić information content (AvgIpc) is 3.02. The zero-order chi connectivity index (χ0) is 33.9. The summed E-state index contributed by atoms with van der Waals surface area (Å²) in [6, 6.07) is 0. The number of carbonyl (C=O) groups excluding carboxylic acids is 2. The largest absolute Gasteiger partial charge is 0.502 e. The standard InChI is InChI=1S/2C18H37NO.C4H8O/c2*1-2-3-4-5-6-7-8-9-10-11-12-13-14-15-16-17-18(19)20;1-3-5-4-2/h2*2-17H2,1H3,(H2,19,20);3H,1,4H2,2H3. The molecule has 45 heavy (non-hydrogen) atoms. The number of carbonyl (C=O) groups is 2. The zero-order valence-corrected chi connectivity index (χ0v) is 31.0. The maximum Gasteiger partial charge on any atom is 0.217 e. The molecule has 0 spiro atoms. The number of rotatable bonds is 34. The van der Waals surface area contributed by atoms with Crippen LogP contribution in [-0.4, -0.2) is 18.4 Å².